The summed E-state index contributed by atoms with van der Waals surface area (Å²) in [6.45, 7) is 3.97. The molecule has 0 fully saturated rings. The van der Waals surface area contributed by atoms with E-state index in [4.69, 9.17) is 23.7 Å². The highest BCUT2D eigenvalue weighted by molar-refractivity contribution is 6.11. The monoisotopic (exact) mass is 408 g/mol. The van der Waals surface area contributed by atoms with Crippen molar-refractivity contribution in [3.8, 4) is 40.6 Å². The van der Waals surface area contributed by atoms with Crippen LogP contribution in [-0.4, -0.2) is 39.3 Å². The van der Waals surface area contributed by atoms with Crippen LogP contribution in [0.25, 0.3) is 6.08 Å². The highest BCUT2D eigenvalue weighted by Gasteiger charge is 2.26. The molecule has 0 aromatic heterocycles. The summed E-state index contributed by atoms with van der Waals surface area (Å²) in [7, 11) is 4.63. The maximum Gasteiger partial charge on any atom is 0.239 e. The van der Waals surface area contributed by atoms with Gasteiger partial charge in [0.05, 0.1) is 32.5 Å². The first kappa shape index (κ1) is 21.1. The van der Waals surface area contributed by atoms with Crippen LogP contribution in [0.2, 0.25) is 0 Å². The largest absolute Gasteiger partial charge is 0.495 e. The highest BCUT2D eigenvalue weighted by Crippen LogP contribution is 2.39. The smallest absolute Gasteiger partial charge is 0.239 e. The Hall–Kier alpha value is -3.59. The van der Waals surface area contributed by atoms with E-state index in [1.165, 1.54) is 7.11 Å². The van der Waals surface area contributed by atoms with E-state index in [1.54, 1.807) is 44.6 Å². The van der Waals surface area contributed by atoms with Crippen molar-refractivity contribution in [2.75, 3.05) is 27.9 Å². The summed E-state index contributed by atoms with van der Waals surface area (Å²) in [5.74, 6) is 7.82. The molecular formula is C24H24O6. The second kappa shape index (κ2) is 8.83. The van der Waals surface area contributed by atoms with E-state index < -0.39 is 5.60 Å². The molecule has 0 saturated carbocycles. The van der Waals surface area contributed by atoms with E-state index in [-0.39, 0.29) is 12.4 Å². The minimum atomic E-state index is -0.412. The van der Waals surface area contributed by atoms with Crippen LogP contribution in [0.15, 0.2) is 36.4 Å². The van der Waals surface area contributed by atoms with Crippen molar-refractivity contribution in [2.45, 2.75) is 19.4 Å². The van der Waals surface area contributed by atoms with E-state index in [0.29, 0.717) is 34.3 Å². The van der Waals surface area contributed by atoms with E-state index in [9.17, 15) is 4.79 Å². The molecule has 30 heavy (non-hydrogen) atoms. The van der Waals surface area contributed by atoms with Gasteiger partial charge < -0.3 is 23.7 Å². The van der Waals surface area contributed by atoms with Gasteiger partial charge in [0, 0.05) is 6.07 Å². The summed E-state index contributed by atoms with van der Waals surface area (Å²) in [4.78, 5) is 12.6. The second-order valence-electron chi connectivity index (χ2n) is 7.03. The fourth-order valence-corrected chi connectivity index (χ4v) is 3.04. The van der Waals surface area contributed by atoms with Crippen LogP contribution in [-0.2, 0) is 0 Å². The lowest BCUT2D eigenvalue weighted by Crippen LogP contribution is -2.27. The Bertz CT molecular complexity index is 1040. The summed E-state index contributed by atoms with van der Waals surface area (Å²) in [6, 6.07) is 8.60. The van der Waals surface area contributed by atoms with Crippen molar-refractivity contribution >= 4 is 11.9 Å². The molecule has 0 amide bonds. The topological polar surface area (TPSA) is 63.2 Å². The maximum atomic E-state index is 12.6. The molecule has 0 unspecified atom stereocenters. The summed E-state index contributed by atoms with van der Waals surface area (Å²) >= 11 is 0. The summed E-state index contributed by atoms with van der Waals surface area (Å²) in [5.41, 5.74) is 0.694. The minimum Gasteiger partial charge on any atom is -0.495 e. The van der Waals surface area contributed by atoms with Crippen LogP contribution in [0, 0.1) is 11.8 Å². The molecule has 0 aliphatic carbocycles. The number of fused-ring (bicyclic) bond motifs is 1. The van der Waals surface area contributed by atoms with Gasteiger partial charge in [-0.2, -0.15) is 0 Å². The average Bonchev–Trinajstić information content (AvgIpc) is 2.74. The molecule has 2 aromatic rings. The Labute approximate surface area is 176 Å². The summed E-state index contributed by atoms with van der Waals surface area (Å²) < 4.78 is 27.4. The van der Waals surface area contributed by atoms with Crippen molar-refractivity contribution in [1.29, 1.82) is 0 Å². The van der Waals surface area contributed by atoms with Gasteiger partial charge in [-0.3, -0.25) is 4.79 Å². The van der Waals surface area contributed by atoms with Gasteiger partial charge in [-0.15, -0.1) is 0 Å². The number of benzene rings is 2. The number of hydrogen-bond acceptors (Lipinski definition) is 6. The third-order valence-corrected chi connectivity index (χ3v) is 4.50. The van der Waals surface area contributed by atoms with Gasteiger partial charge in [0.25, 0.3) is 0 Å². The molecule has 6 nitrogen and oxygen atoms in total. The van der Waals surface area contributed by atoms with Crippen molar-refractivity contribution < 1.29 is 28.5 Å². The average molecular weight is 408 g/mol. The standard InChI is InChI=1S/C24H24O6/c1-24(2)13-12-18-20(30-24)11-9-17(23(18)28-5)19(25)7-6-14-29-16-8-10-21(26-3)22(15-16)27-4/h8-13,15H,14H2,1-5H3. The Kier molecular flexibility index (Phi) is 6.22. The number of hydrogen-bond donors (Lipinski definition) is 0. The van der Waals surface area contributed by atoms with E-state index in [0.717, 1.165) is 5.56 Å². The summed E-state index contributed by atoms with van der Waals surface area (Å²) in [6.07, 6.45) is 3.83. The lowest BCUT2D eigenvalue weighted by atomic mass is 9.98. The number of methoxy groups -OCH3 is 3. The number of ketones is 1. The highest BCUT2D eigenvalue weighted by atomic mass is 16.5. The van der Waals surface area contributed by atoms with Crippen LogP contribution in [0.5, 0.6) is 28.7 Å². The van der Waals surface area contributed by atoms with Crippen LogP contribution < -0.4 is 23.7 Å². The molecule has 0 spiro atoms. The zero-order valence-electron chi connectivity index (χ0n) is 17.7. The first-order valence-corrected chi connectivity index (χ1v) is 9.36. The zero-order chi connectivity index (χ0) is 21.7. The van der Waals surface area contributed by atoms with Crippen molar-refractivity contribution in [3.63, 3.8) is 0 Å². The van der Waals surface area contributed by atoms with Gasteiger partial charge in [-0.25, -0.2) is 0 Å². The molecule has 3 rings (SSSR count). The molecule has 0 radical (unpaired) electrons. The number of carbonyl (C=O) groups is 1. The molecule has 0 bridgehead atoms. The quantitative estimate of drug-likeness (QED) is 0.406. The predicted molar refractivity (Wildman–Crippen MR) is 114 cm³/mol. The Morgan fingerprint density at radius 2 is 1.80 bits per heavy atom. The van der Waals surface area contributed by atoms with Gasteiger partial charge in [0.15, 0.2) is 11.5 Å². The molecule has 0 atom stereocenters. The van der Waals surface area contributed by atoms with Gasteiger partial charge in [0.2, 0.25) is 5.78 Å². The van der Waals surface area contributed by atoms with Gasteiger partial charge >= 0.3 is 0 Å². The molecule has 1 aliphatic heterocycles. The van der Waals surface area contributed by atoms with E-state index in [2.05, 4.69) is 11.8 Å². The molecule has 6 heteroatoms. The van der Waals surface area contributed by atoms with Crippen molar-refractivity contribution in [3.05, 3.63) is 47.5 Å². The molecule has 1 aliphatic rings. The lowest BCUT2D eigenvalue weighted by molar-refractivity contribution is 0.105. The summed E-state index contributed by atoms with van der Waals surface area (Å²) in [5, 5.41) is 0. The molecular weight excluding hydrogens is 384 g/mol. The molecule has 2 aromatic carbocycles. The first-order valence-electron chi connectivity index (χ1n) is 9.36. The van der Waals surface area contributed by atoms with Gasteiger partial charge in [0.1, 0.15) is 29.5 Å². The van der Waals surface area contributed by atoms with Crippen LogP contribution in [0.1, 0.15) is 29.8 Å². The number of carbonyl (C=O) groups excluding carboxylic acids is 1. The normalized spacial score (nSPS) is 13.2. The SMILES string of the molecule is COc1ccc(OCC#CC(=O)c2ccc3c(c2OC)C=CC(C)(C)O3)cc1OC. The third-order valence-electron chi connectivity index (χ3n) is 4.50. The Morgan fingerprint density at radius 1 is 1.03 bits per heavy atom. The van der Waals surface area contributed by atoms with E-state index in [1.807, 2.05) is 26.0 Å². The van der Waals surface area contributed by atoms with Crippen molar-refractivity contribution in [1.82, 2.24) is 0 Å². The molecule has 0 saturated heterocycles. The van der Waals surface area contributed by atoms with Crippen LogP contribution >= 0.6 is 0 Å². The number of rotatable bonds is 6. The molecule has 156 valence electrons. The minimum absolute atomic E-state index is 0.0473. The fraction of sp³-hybridized carbons (Fsp3) is 0.292. The van der Waals surface area contributed by atoms with Gasteiger partial charge in [-0.05, 0) is 56.2 Å². The Balaban J connectivity index is 1.73. The van der Waals surface area contributed by atoms with Crippen LogP contribution in [0.4, 0.5) is 0 Å². The predicted octanol–water partition coefficient (Wildman–Crippen LogP) is 4.16. The number of ether oxygens (including phenoxy) is 5. The Morgan fingerprint density at radius 3 is 2.50 bits per heavy atom. The fourth-order valence-electron chi connectivity index (χ4n) is 3.04. The zero-order valence-corrected chi connectivity index (χ0v) is 17.7. The maximum absolute atomic E-state index is 12.6. The first-order chi connectivity index (χ1) is 14.4. The molecule has 1 heterocycles. The van der Waals surface area contributed by atoms with Crippen molar-refractivity contribution in [2.24, 2.45) is 0 Å². The van der Waals surface area contributed by atoms with E-state index >= 15 is 0 Å². The number of Topliss-reactive ketones (excluding diaryl/α,β-unsaturated/α-hetero) is 1. The lowest BCUT2D eigenvalue weighted by Gasteiger charge is -2.28. The molecule has 0 N–H and O–H groups in total. The van der Waals surface area contributed by atoms with Gasteiger partial charge in [-0.1, -0.05) is 5.92 Å². The second-order valence-corrected chi connectivity index (χ2v) is 7.03. The van der Waals surface area contributed by atoms with Crippen LogP contribution in [0.3, 0.4) is 0 Å². The third kappa shape index (κ3) is 4.52.